The van der Waals surface area contributed by atoms with E-state index in [4.69, 9.17) is 4.74 Å². The Morgan fingerprint density at radius 1 is 0.857 bits per heavy atom. The van der Waals surface area contributed by atoms with E-state index in [0.717, 1.165) is 20.7 Å². The van der Waals surface area contributed by atoms with Crippen molar-refractivity contribution in [2.45, 2.75) is 37.3 Å². The summed E-state index contributed by atoms with van der Waals surface area (Å²) in [5, 5.41) is 11.7. The average Bonchev–Trinajstić information content (AvgIpc) is 3.51. The number of allylic oxidation sites excluding steroid dienone is 2. The standard InChI is InChI=1S/C38H33N5O6/c1-23-13-16-26(17-14-23)39-42-34(45)29-22-30-28(19-20-40-36(47)41(37(48)43(30)40)27-11-7-4-8-12-27)33(24-15-18-31(44)32(21-24)49-2)38(29,35(42)46)25-9-5-3-6-10-25/h3-19,21,29-30,33,39,44H,20,22H2,1-2H3/t29-,30+,33-,38+/m0/s1. The minimum Gasteiger partial charge on any atom is -0.504 e. The van der Waals surface area contributed by atoms with Crippen molar-refractivity contribution in [1.82, 2.24) is 18.9 Å². The molecule has 11 heteroatoms. The number of aromatic hydroxyl groups is 1. The highest BCUT2D eigenvalue weighted by atomic mass is 16.5. The van der Waals surface area contributed by atoms with Crippen molar-refractivity contribution in [3.8, 4) is 17.2 Å². The van der Waals surface area contributed by atoms with E-state index in [1.54, 1.807) is 36.4 Å². The van der Waals surface area contributed by atoms with Crippen LogP contribution in [0.4, 0.5) is 5.69 Å². The Hall–Kier alpha value is -6.10. The third kappa shape index (κ3) is 4.35. The number of fused-ring (bicyclic) bond motifs is 4. The number of hydrogen-bond acceptors (Lipinski definition) is 7. The predicted octanol–water partition coefficient (Wildman–Crippen LogP) is 4.44. The molecule has 11 nitrogen and oxygen atoms in total. The highest BCUT2D eigenvalue weighted by Gasteiger charge is 2.68. The number of benzene rings is 4. The van der Waals surface area contributed by atoms with Gasteiger partial charge in [-0.05, 0) is 66.4 Å². The maximum atomic E-state index is 15.2. The van der Waals surface area contributed by atoms with Gasteiger partial charge in [-0.1, -0.05) is 78.4 Å². The summed E-state index contributed by atoms with van der Waals surface area (Å²) in [6, 6.07) is 29.5. The lowest BCUT2D eigenvalue weighted by atomic mass is 9.53. The summed E-state index contributed by atoms with van der Waals surface area (Å²) in [6.07, 6.45) is 1.99. The number of hydrazine groups is 1. The first-order chi connectivity index (χ1) is 23.7. The smallest absolute Gasteiger partial charge is 0.352 e. The Bertz CT molecular complexity index is 2270. The van der Waals surface area contributed by atoms with E-state index in [1.165, 1.54) is 22.5 Å². The minimum atomic E-state index is -1.45. The molecule has 0 radical (unpaired) electrons. The summed E-state index contributed by atoms with van der Waals surface area (Å²) in [6.45, 7) is 2.03. The molecule has 2 aliphatic heterocycles. The Morgan fingerprint density at radius 2 is 1.55 bits per heavy atom. The van der Waals surface area contributed by atoms with Crippen LogP contribution < -0.4 is 21.5 Å². The fraction of sp³-hybridized carbons (Fsp3) is 0.211. The molecule has 2 N–H and O–H groups in total. The first kappa shape index (κ1) is 30.2. The molecule has 2 fully saturated rings. The summed E-state index contributed by atoms with van der Waals surface area (Å²) in [5.74, 6) is -2.50. The second-order valence-corrected chi connectivity index (χ2v) is 12.7. The van der Waals surface area contributed by atoms with E-state index in [9.17, 15) is 19.5 Å². The molecule has 5 aromatic rings. The maximum absolute atomic E-state index is 15.2. The summed E-state index contributed by atoms with van der Waals surface area (Å²) in [7, 11) is 1.44. The number of phenols is 1. The van der Waals surface area contributed by atoms with Crippen LogP contribution in [0.15, 0.2) is 124 Å². The number of carbonyl (C=O) groups is 2. The van der Waals surface area contributed by atoms with Crippen LogP contribution in [0.5, 0.6) is 11.5 Å². The number of rotatable bonds is 6. The Balaban J connectivity index is 1.38. The lowest BCUT2D eigenvalue weighted by molar-refractivity contribution is -0.138. The molecule has 3 heterocycles. The summed E-state index contributed by atoms with van der Waals surface area (Å²) >= 11 is 0. The van der Waals surface area contributed by atoms with Crippen LogP contribution in [-0.2, 0) is 21.5 Å². The van der Waals surface area contributed by atoms with Crippen LogP contribution in [-0.4, -0.2) is 43.0 Å². The summed E-state index contributed by atoms with van der Waals surface area (Å²) in [4.78, 5) is 57.9. The highest BCUT2D eigenvalue weighted by molar-refractivity contribution is 6.12. The van der Waals surface area contributed by atoms with E-state index in [0.29, 0.717) is 22.5 Å². The van der Waals surface area contributed by atoms with E-state index in [1.807, 2.05) is 73.7 Å². The molecule has 246 valence electrons. The molecule has 3 aliphatic rings. The number of hydrogen-bond donors (Lipinski definition) is 2. The first-order valence-electron chi connectivity index (χ1n) is 16.1. The number of ether oxygens (including phenoxy) is 1. The number of amides is 2. The van der Waals surface area contributed by atoms with Gasteiger partial charge in [-0.25, -0.2) is 23.5 Å². The van der Waals surface area contributed by atoms with Gasteiger partial charge >= 0.3 is 11.4 Å². The topological polar surface area (TPSA) is 128 Å². The number of nitrogens with zero attached hydrogens (tertiary/aromatic N) is 4. The predicted molar refractivity (Wildman–Crippen MR) is 182 cm³/mol. The number of aryl methyl sites for hydroxylation is 1. The molecule has 8 rings (SSSR count). The van der Waals surface area contributed by atoms with Gasteiger partial charge < -0.3 is 9.84 Å². The van der Waals surface area contributed by atoms with Crippen LogP contribution in [0.3, 0.4) is 0 Å². The molecule has 49 heavy (non-hydrogen) atoms. The normalized spacial score (nSPS) is 22.6. The molecule has 1 saturated heterocycles. The van der Waals surface area contributed by atoms with Crippen molar-refractivity contribution in [1.29, 1.82) is 0 Å². The summed E-state index contributed by atoms with van der Waals surface area (Å²) in [5.41, 5.74) is 4.61. The van der Waals surface area contributed by atoms with Gasteiger partial charge in [0.1, 0.15) is 0 Å². The van der Waals surface area contributed by atoms with Gasteiger partial charge in [0.25, 0.3) is 11.8 Å². The third-order valence-corrected chi connectivity index (χ3v) is 10.2. The van der Waals surface area contributed by atoms with Crippen LogP contribution in [0, 0.1) is 12.8 Å². The molecule has 1 aromatic heterocycles. The molecule has 4 atom stereocenters. The Kier molecular flexibility index (Phi) is 6.95. The molecule has 2 amide bonds. The number of phenolic OH excluding ortho intramolecular Hbond substituents is 1. The van der Waals surface area contributed by atoms with Crippen LogP contribution in [0.2, 0.25) is 0 Å². The molecular weight excluding hydrogens is 622 g/mol. The summed E-state index contributed by atoms with van der Waals surface area (Å²) < 4.78 is 9.50. The highest BCUT2D eigenvalue weighted by Crippen LogP contribution is 2.62. The largest absolute Gasteiger partial charge is 0.504 e. The van der Waals surface area contributed by atoms with Gasteiger partial charge in [-0.3, -0.25) is 15.0 Å². The van der Waals surface area contributed by atoms with E-state index >= 15 is 4.79 Å². The lowest BCUT2D eigenvalue weighted by Crippen LogP contribution is -2.53. The van der Waals surface area contributed by atoms with Crippen molar-refractivity contribution in [3.05, 3.63) is 152 Å². The molecular formula is C38H33N5O6. The average molecular weight is 656 g/mol. The lowest BCUT2D eigenvalue weighted by Gasteiger charge is -2.49. The number of methoxy groups -OCH3 is 1. The van der Waals surface area contributed by atoms with E-state index < -0.39 is 46.5 Å². The van der Waals surface area contributed by atoms with Gasteiger partial charge in [-0.2, -0.15) is 5.01 Å². The van der Waals surface area contributed by atoms with Gasteiger partial charge in [0, 0.05) is 5.92 Å². The second kappa shape index (κ2) is 11.3. The van der Waals surface area contributed by atoms with Crippen LogP contribution in [0.25, 0.3) is 5.69 Å². The van der Waals surface area contributed by atoms with Crippen LogP contribution in [0.1, 0.15) is 35.1 Å². The number of nitrogens with one attached hydrogen (secondary N) is 1. The number of anilines is 1. The van der Waals surface area contributed by atoms with Crippen LogP contribution >= 0.6 is 0 Å². The minimum absolute atomic E-state index is 0.0778. The molecule has 0 spiro atoms. The quantitative estimate of drug-likeness (QED) is 0.205. The second-order valence-electron chi connectivity index (χ2n) is 12.7. The molecule has 1 saturated carbocycles. The van der Waals surface area contributed by atoms with Gasteiger partial charge in [0.2, 0.25) is 0 Å². The fourth-order valence-electron chi connectivity index (χ4n) is 8.06. The fourth-order valence-corrected chi connectivity index (χ4v) is 8.06. The molecule has 1 aliphatic carbocycles. The SMILES string of the molecule is COc1cc([C@H]2C3=CCn4c(=O)n(-c5ccccc5)c(=O)n4[C@@H]3C[C@H]3C(=O)N(Nc4ccc(C)cc4)C(=O)[C@@]23c2ccccc2)ccc1O. The van der Waals surface area contributed by atoms with Gasteiger partial charge in [0.05, 0.1) is 42.4 Å². The van der Waals surface area contributed by atoms with Crippen molar-refractivity contribution < 1.29 is 19.4 Å². The van der Waals surface area contributed by atoms with Gasteiger partial charge in [0.15, 0.2) is 11.5 Å². The molecule has 0 bridgehead atoms. The Labute approximate surface area is 280 Å². The number of para-hydroxylation sites is 1. The number of aromatic nitrogens is 3. The zero-order valence-corrected chi connectivity index (χ0v) is 26.8. The monoisotopic (exact) mass is 655 g/mol. The van der Waals surface area contributed by atoms with E-state index in [2.05, 4.69) is 5.43 Å². The third-order valence-electron chi connectivity index (χ3n) is 10.2. The van der Waals surface area contributed by atoms with Crippen molar-refractivity contribution in [3.63, 3.8) is 0 Å². The van der Waals surface area contributed by atoms with Crippen molar-refractivity contribution >= 4 is 17.5 Å². The Morgan fingerprint density at radius 3 is 2.24 bits per heavy atom. The zero-order valence-electron chi connectivity index (χ0n) is 26.8. The molecule has 0 unspecified atom stereocenters. The maximum Gasteiger partial charge on any atom is 0.352 e. The van der Waals surface area contributed by atoms with E-state index in [-0.39, 0.29) is 24.5 Å². The van der Waals surface area contributed by atoms with Crippen molar-refractivity contribution in [2.24, 2.45) is 5.92 Å². The zero-order chi connectivity index (χ0) is 34.0. The number of carbonyl (C=O) groups excluding carboxylic acids is 2. The molecule has 4 aromatic carbocycles. The number of imide groups is 1. The van der Waals surface area contributed by atoms with Crippen molar-refractivity contribution in [2.75, 3.05) is 12.5 Å². The van der Waals surface area contributed by atoms with Gasteiger partial charge in [-0.15, -0.1) is 0 Å². The first-order valence-corrected chi connectivity index (χ1v) is 16.1.